The van der Waals surface area contributed by atoms with Gasteiger partial charge >= 0.3 is 6.18 Å². The summed E-state index contributed by atoms with van der Waals surface area (Å²) in [5, 5.41) is 10.4. The van der Waals surface area contributed by atoms with Crippen molar-refractivity contribution in [1.82, 2.24) is 24.7 Å². The van der Waals surface area contributed by atoms with Crippen molar-refractivity contribution in [3.05, 3.63) is 53.2 Å². The molecular weight excluding hydrogens is 449 g/mol. The van der Waals surface area contributed by atoms with E-state index in [2.05, 4.69) is 30.7 Å². The Bertz CT molecular complexity index is 1180. The summed E-state index contributed by atoms with van der Waals surface area (Å²) in [6.07, 6.45) is 1.80. The maximum absolute atomic E-state index is 12.7. The molecule has 1 amide bonds. The van der Waals surface area contributed by atoms with Gasteiger partial charge in [-0.2, -0.15) is 23.3 Å². The predicted molar refractivity (Wildman–Crippen MR) is 120 cm³/mol. The molecule has 3 aromatic rings. The lowest BCUT2D eigenvalue weighted by atomic mass is 10.1. The number of nitrogens with one attached hydrogen (secondary N) is 2. The molecule has 0 saturated heterocycles. The van der Waals surface area contributed by atoms with Crippen LogP contribution in [-0.2, 0) is 24.1 Å². The lowest BCUT2D eigenvalue weighted by molar-refractivity contribution is -0.141. The number of halogens is 3. The van der Waals surface area contributed by atoms with E-state index in [0.29, 0.717) is 41.8 Å². The molecule has 34 heavy (non-hydrogen) atoms. The average Bonchev–Trinajstić information content (AvgIpc) is 3.23. The number of nitrogens with zero attached hydrogens (tertiary/aromatic N) is 6. The minimum Gasteiger partial charge on any atom is -0.350 e. The van der Waals surface area contributed by atoms with Crippen molar-refractivity contribution in [2.24, 2.45) is 0 Å². The lowest BCUT2D eigenvalue weighted by Gasteiger charge is -2.34. The van der Waals surface area contributed by atoms with Crippen molar-refractivity contribution in [3.63, 3.8) is 0 Å². The Kier molecular flexibility index (Phi) is 6.40. The average molecular weight is 474 g/mol. The van der Waals surface area contributed by atoms with Crippen LogP contribution in [0.1, 0.15) is 42.3 Å². The third-order valence-electron chi connectivity index (χ3n) is 5.58. The first-order valence-corrected chi connectivity index (χ1v) is 10.9. The maximum Gasteiger partial charge on any atom is 0.433 e. The Labute approximate surface area is 194 Å². The molecule has 3 aromatic heterocycles. The number of pyridine rings is 1. The van der Waals surface area contributed by atoms with Gasteiger partial charge in [0.25, 0.3) is 0 Å². The summed E-state index contributed by atoms with van der Waals surface area (Å²) in [6.45, 7) is 4.54. The minimum absolute atomic E-state index is 0.0556. The Morgan fingerprint density at radius 2 is 1.97 bits per heavy atom. The fraction of sp³-hybridized carbons (Fsp3) is 0.409. The summed E-state index contributed by atoms with van der Waals surface area (Å²) in [5.74, 6) is 1.03. The quantitative estimate of drug-likeness (QED) is 0.540. The zero-order valence-corrected chi connectivity index (χ0v) is 19.0. The highest BCUT2D eigenvalue weighted by Gasteiger charge is 2.33. The molecule has 0 unspecified atom stereocenters. The van der Waals surface area contributed by atoms with E-state index in [1.54, 1.807) is 17.1 Å². The largest absolute Gasteiger partial charge is 0.433 e. The van der Waals surface area contributed by atoms with E-state index in [0.717, 1.165) is 24.5 Å². The third-order valence-corrected chi connectivity index (χ3v) is 5.58. The van der Waals surface area contributed by atoms with Crippen LogP contribution in [0.25, 0.3) is 0 Å². The normalized spacial score (nSPS) is 15.8. The van der Waals surface area contributed by atoms with E-state index in [1.165, 1.54) is 12.3 Å². The Hall–Kier alpha value is -3.70. The molecule has 0 aromatic carbocycles. The van der Waals surface area contributed by atoms with Gasteiger partial charge in [-0.3, -0.25) is 14.5 Å². The molecule has 0 spiro atoms. The van der Waals surface area contributed by atoms with Crippen molar-refractivity contribution in [2.75, 3.05) is 22.6 Å². The van der Waals surface area contributed by atoms with Gasteiger partial charge < -0.3 is 15.5 Å². The molecular formula is C22H25F3N8O. The maximum atomic E-state index is 12.7. The number of aromatic nitrogens is 5. The van der Waals surface area contributed by atoms with Crippen molar-refractivity contribution in [2.45, 2.75) is 52.0 Å². The second-order valence-electron chi connectivity index (χ2n) is 8.19. The fourth-order valence-corrected chi connectivity index (χ4v) is 3.80. The van der Waals surface area contributed by atoms with Crippen molar-refractivity contribution >= 4 is 23.4 Å². The number of fused-ring (bicyclic) bond motifs is 1. The van der Waals surface area contributed by atoms with Crippen LogP contribution in [0.2, 0.25) is 0 Å². The minimum atomic E-state index is -4.46. The summed E-state index contributed by atoms with van der Waals surface area (Å²) < 4.78 is 39.6. The van der Waals surface area contributed by atoms with Crippen LogP contribution in [0.5, 0.6) is 0 Å². The van der Waals surface area contributed by atoms with Crippen molar-refractivity contribution in [1.29, 1.82) is 0 Å². The molecule has 1 aliphatic heterocycles. The molecule has 180 valence electrons. The van der Waals surface area contributed by atoms with E-state index in [9.17, 15) is 18.0 Å². The second-order valence-corrected chi connectivity index (χ2v) is 8.19. The van der Waals surface area contributed by atoms with Crippen LogP contribution >= 0.6 is 0 Å². The van der Waals surface area contributed by atoms with Crippen molar-refractivity contribution < 1.29 is 18.0 Å². The van der Waals surface area contributed by atoms with E-state index in [-0.39, 0.29) is 11.9 Å². The first-order valence-electron chi connectivity index (χ1n) is 10.9. The van der Waals surface area contributed by atoms with Gasteiger partial charge in [0.05, 0.1) is 18.4 Å². The Balaban J connectivity index is 1.42. The molecule has 0 aliphatic carbocycles. The SMILES string of the molecule is CCC[C@H]1C(=O)Nc2c(C)nc(NCc3cnn(Cc4ccc(C(F)(F)F)nc4)c3)nc2N1C. The summed E-state index contributed by atoms with van der Waals surface area (Å²) >= 11 is 0. The number of hydrogen-bond donors (Lipinski definition) is 2. The van der Waals surface area contributed by atoms with Crippen LogP contribution in [0, 0.1) is 6.92 Å². The topological polar surface area (TPSA) is 101 Å². The first kappa shape index (κ1) is 23.5. The second kappa shape index (κ2) is 9.27. The molecule has 9 nitrogen and oxygen atoms in total. The molecule has 4 rings (SSSR count). The summed E-state index contributed by atoms with van der Waals surface area (Å²) in [6, 6.07) is 2.07. The predicted octanol–water partition coefficient (Wildman–Crippen LogP) is 3.61. The smallest absolute Gasteiger partial charge is 0.350 e. The lowest BCUT2D eigenvalue weighted by Crippen LogP contribution is -2.46. The van der Waals surface area contributed by atoms with Gasteiger partial charge in [-0.05, 0) is 25.0 Å². The summed E-state index contributed by atoms with van der Waals surface area (Å²) in [7, 11) is 1.86. The van der Waals surface area contributed by atoms with E-state index < -0.39 is 11.9 Å². The number of carbonyl (C=O) groups excluding carboxylic acids is 1. The van der Waals surface area contributed by atoms with Gasteiger partial charge in [0.15, 0.2) is 5.82 Å². The zero-order chi connectivity index (χ0) is 24.5. The molecule has 4 heterocycles. The number of amides is 1. The van der Waals surface area contributed by atoms with Crippen LogP contribution < -0.4 is 15.5 Å². The molecule has 0 saturated carbocycles. The third kappa shape index (κ3) is 4.95. The molecule has 12 heteroatoms. The van der Waals surface area contributed by atoms with Gasteiger partial charge in [0.1, 0.15) is 17.4 Å². The number of likely N-dealkylation sites (N-methyl/N-ethyl adjacent to an activating group) is 1. The van der Waals surface area contributed by atoms with Crippen LogP contribution in [0.15, 0.2) is 30.7 Å². The van der Waals surface area contributed by atoms with E-state index in [4.69, 9.17) is 0 Å². The summed E-state index contributed by atoms with van der Waals surface area (Å²) in [5.41, 5.74) is 1.81. The molecule has 1 aliphatic rings. The monoisotopic (exact) mass is 474 g/mol. The molecule has 1 atom stereocenters. The van der Waals surface area contributed by atoms with Gasteiger partial charge in [-0.15, -0.1) is 0 Å². The number of aryl methyl sites for hydroxylation is 1. The van der Waals surface area contributed by atoms with Crippen LogP contribution in [0.3, 0.4) is 0 Å². The fourth-order valence-electron chi connectivity index (χ4n) is 3.80. The van der Waals surface area contributed by atoms with Crippen molar-refractivity contribution in [3.8, 4) is 0 Å². The van der Waals surface area contributed by atoms with Crippen LogP contribution in [0.4, 0.5) is 30.6 Å². The van der Waals surface area contributed by atoms with Crippen LogP contribution in [-0.4, -0.2) is 43.7 Å². The number of rotatable bonds is 7. The Morgan fingerprint density at radius 1 is 1.18 bits per heavy atom. The molecule has 0 bridgehead atoms. The molecule has 0 fully saturated rings. The highest BCUT2D eigenvalue weighted by Crippen LogP contribution is 2.33. The molecule has 0 radical (unpaired) electrons. The van der Waals surface area contributed by atoms with E-state index >= 15 is 0 Å². The Morgan fingerprint density at radius 3 is 2.65 bits per heavy atom. The summed E-state index contributed by atoms with van der Waals surface area (Å²) in [4.78, 5) is 26.8. The van der Waals surface area contributed by atoms with Gasteiger partial charge in [-0.1, -0.05) is 19.4 Å². The molecule has 2 N–H and O–H groups in total. The number of carbonyl (C=O) groups is 1. The van der Waals surface area contributed by atoms with Gasteiger partial charge in [-0.25, -0.2) is 4.98 Å². The number of alkyl halides is 3. The highest BCUT2D eigenvalue weighted by atomic mass is 19.4. The number of anilines is 3. The number of hydrogen-bond acceptors (Lipinski definition) is 7. The van der Waals surface area contributed by atoms with Gasteiger partial charge in [0, 0.05) is 31.5 Å². The van der Waals surface area contributed by atoms with E-state index in [1.807, 2.05) is 25.8 Å². The first-order chi connectivity index (χ1) is 16.2. The zero-order valence-electron chi connectivity index (χ0n) is 19.0. The van der Waals surface area contributed by atoms with Gasteiger partial charge in [0.2, 0.25) is 11.9 Å². The standard InChI is InChI=1S/C22H25F3N8O/c1-4-5-16-20(34)30-18-13(2)29-21(31-19(18)32(16)3)27-9-15-10-28-33(12-15)11-14-6-7-17(26-8-14)22(23,24)25/h6-8,10,12,16H,4-5,9,11H2,1-3H3,(H,30,34)(H,27,29,31)/t16-/m0/s1. The highest BCUT2D eigenvalue weighted by molar-refractivity contribution is 6.03.